The van der Waals surface area contributed by atoms with Crippen molar-refractivity contribution >= 4 is 34.8 Å². The molecule has 0 unspecified atom stereocenters. The molecule has 0 aliphatic heterocycles. The Balaban J connectivity index is 1.54. The Hall–Kier alpha value is -3.65. The number of pyridine rings is 1. The van der Waals surface area contributed by atoms with E-state index in [-0.39, 0.29) is 17.3 Å². The molecule has 2 aromatic heterocycles. The fourth-order valence-electron chi connectivity index (χ4n) is 2.89. The highest BCUT2D eigenvalue weighted by molar-refractivity contribution is 8.00. The number of imidazole rings is 1. The Morgan fingerprint density at radius 1 is 1.03 bits per heavy atom. The van der Waals surface area contributed by atoms with Crippen LogP contribution in [0.1, 0.15) is 0 Å². The first-order valence-electron chi connectivity index (χ1n) is 8.81. The maximum atomic E-state index is 12.6. The van der Waals surface area contributed by atoms with Crippen molar-refractivity contribution in [2.75, 3.05) is 11.1 Å². The third-order valence-corrected chi connectivity index (χ3v) is 5.26. The van der Waals surface area contributed by atoms with Crippen molar-refractivity contribution in [1.29, 1.82) is 0 Å². The van der Waals surface area contributed by atoms with Crippen LogP contribution in [-0.4, -0.2) is 26.0 Å². The summed E-state index contributed by atoms with van der Waals surface area (Å²) >= 11 is 1.31. The molecule has 1 N–H and O–H groups in total. The Morgan fingerprint density at radius 3 is 2.48 bits per heavy atom. The quantitative estimate of drug-likeness (QED) is 0.287. The van der Waals surface area contributed by atoms with Gasteiger partial charge in [-0.3, -0.25) is 19.3 Å². The number of nitrogens with zero attached hydrogens (tertiary/aromatic N) is 3. The van der Waals surface area contributed by atoms with E-state index in [2.05, 4.69) is 10.3 Å². The number of nitro groups is 1. The summed E-state index contributed by atoms with van der Waals surface area (Å²) in [6, 6.07) is 21.5. The Kier molecular flexibility index (Phi) is 5.26. The van der Waals surface area contributed by atoms with E-state index < -0.39 is 4.92 Å². The second-order valence-corrected chi connectivity index (χ2v) is 7.24. The van der Waals surface area contributed by atoms with Gasteiger partial charge in [0.15, 0.2) is 0 Å². The van der Waals surface area contributed by atoms with Crippen molar-refractivity contribution in [3.63, 3.8) is 0 Å². The number of rotatable bonds is 6. The molecular weight excluding hydrogens is 388 g/mol. The summed E-state index contributed by atoms with van der Waals surface area (Å²) in [6.45, 7) is 0. The Bertz CT molecular complexity index is 1170. The molecule has 4 aromatic rings. The molecule has 29 heavy (non-hydrogen) atoms. The van der Waals surface area contributed by atoms with Crippen LogP contribution in [0.4, 0.5) is 11.5 Å². The van der Waals surface area contributed by atoms with Crippen LogP contribution in [0.5, 0.6) is 0 Å². The van der Waals surface area contributed by atoms with Crippen molar-refractivity contribution in [1.82, 2.24) is 9.38 Å². The van der Waals surface area contributed by atoms with Gasteiger partial charge in [0.05, 0.1) is 10.7 Å². The van der Waals surface area contributed by atoms with E-state index in [1.54, 1.807) is 12.1 Å². The van der Waals surface area contributed by atoms with Gasteiger partial charge in [0.25, 0.3) is 5.69 Å². The van der Waals surface area contributed by atoms with Crippen LogP contribution in [-0.2, 0) is 4.79 Å². The number of aromatic nitrogens is 2. The summed E-state index contributed by atoms with van der Waals surface area (Å²) in [5.41, 5.74) is 2.38. The number of anilines is 1. The third-order valence-electron chi connectivity index (χ3n) is 4.25. The van der Waals surface area contributed by atoms with E-state index >= 15 is 0 Å². The molecular formula is C21H16N4O3S. The molecule has 0 spiro atoms. The van der Waals surface area contributed by atoms with Crippen LogP contribution in [0.15, 0.2) is 83.9 Å². The molecule has 1 amide bonds. The lowest BCUT2D eigenvalue weighted by molar-refractivity contribution is -0.384. The molecule has 4 rings (SSSR count). The summed E-state index contributed by atoms with van der Waals surface area (Å²) in [7, 11) is 0. The maximum Gasteiger partial charge on any atom is 0.269 e. The lowest BCUT2D eigenvalue weighted by atomic mass is 10.1. The van der Waals surface area contributed by atoms with Crippen molar-refractivity contribution in [2.24, 2.45) is 0 Å². The molecule has 0 atom stereocenters. The predicted molar refractivity (Wildman–Crippen MR) is 113 cm³/mol. The van der Waals surface area contributed by atoms with E-state index in [0.29, 0.717) is 11.5 Å². The standard InChI is InChI=1S/C21H16N4O3S/c26-19(14-29-17-11-9-16(10-12-17)25(27)28)23-21-20(15-6-2-1-3-7-15)22-18-8-4-5-13-24(18)21/h1-13H,14H2,(H,23,26). The van der Waals surface area contributed by atoms with Crippen LogP contribution < -0.4 is 5.32 Å². The first-order chi connectivity index (χ1) is 14.1. The zero-order valence-electron chi connectivity index (χ0n) is 15.2. The first-order valence-corrected chi connectivity index (χ1v) is 9.80. The summed E-state index contributed by atoms with van der Waals surface area (Å²) in [5, 5.41) is 13.7. The number of benzene rings is 2. The minimum Gasteiger partial charge on any atom is -0.309 e. The third kappa shape index (κ3) is 4.12. The van der Waals surface area contributed by atoms with Crippen molar-refractivity contribution in [3.8, 4) is 11.3 Å². The van der Waals surface area contributed by atoms with Gasteiger partial charge < -0.3 is 5.32 Å². The van der Waals surface area contributed by atoms with E-state index in [1.165, 1.54) is 23.9 Å². The molecule has 0 bridgehead atoms. The predicted octanol–water partition coefficient (Wildman–Crippen LogP) is 4.64. The highest BCUT2D eigenvalue weighted by Gasteiger charge is 2.16. The summed E-state index contributed by atoms with van der Waals surface area (Å²) < 4.78 is 1.84. The average molecular weight is 404 g/mol. The van der Waals surface area contributed by atoms with Crippen LogP contribution in [0.2, 0.25) is 0 Å². The first kappa shape index (κ1) is 18.7. The number of hydrogen-bond acceptors (Lipinski definition) is 5. The molecule has 2 heterocycles. The minimum absolute atomic E-state index is 0.0250. The van der Waals surface area contributed by atoms with Crippen molar-refractivity contribution in [2.45, 2.75) is 4.90 Å². The second-order valence-electron chi connectivity index (χ2n) is 6.19. The van der Waals surface area contributed by atoms with Gasteiger partial charge in [-0.05, 0) is 24.3 Å². The molecule has 144 valence electrons. The number of nitrogens with one attached hydrogen (secondary N) is 1. The van der Waals surface area contributed by atoms with E-state index in [0.717, 1.165) is 16.1 Å². The zero-order valence-corrected chi connectivity index (χ0v) is 16.0. The highest BCUT2D eigenvalue weighted by atomic mass is 32.2. The SMILES string of the molecule is O=C(CSc1ccc([N+](=O)[O-])cc1)Nc1c(-c2ccccc2)nc2ccccn12. The topological polar surface area (TPSA) is 89.5 Å². The highest BCUT2D eigenvalue weighted by Crippen LogP contribution is 2.29. The van der Waals surface area contributed by atoms with Gasteiger partial charge in [0.2, 0.25) is 5.91 Å². The molecule has 0 saturated heterocycles. The number of thioether (sulfide) groups is 1. The van der Waals surface area contributed by atoms with Gasteiger partial charge in [-0.25, -0.2) is 4.98 Å². The van der Waals surface area contributed by atoms with Crippen molar-refractivity contribution in [3.05, 3.63) is 89.1 Å². The van der Waals surface area contributed by atoms with Crippen LogP contribution in [0, 0.1) is 10.1 Å². The molecule has 2 aromatic carbocycles. The number of carbonyl (C=O) groups is 1. The monoisotopic (exact) mass is 404 g/mol. The van der Waals surface area contributed by atoms with Crippen LogP contribution >= 0.6 is 11.8 Å². The van der Waals surface area contributed by atoms with Crippen LogP contribution in [0.3, 0.4) is 0 Å². The normalized spacial score (nSPS) is 10.8. The number of non-ortho nitro benzene ring substituents is 1. The Labute approximate surface area is 170 Å². The second kappa shape index (κ2) is 8.15. The lowest BCUT2D eigenvalue weighted by Gasteiger charge is -2.08. The smallest absolute Gasteiger partial charge is 0.269 e. The number of amides is 1. The van der Waals surface area contributed by atoms with Gasteiger partial charge in [-0.15, -0.1) is 11.8 Å². The molecule has 0 aliphatic rings. The lowest BCUT2D eigenvalue weighted by Crippen LogP contribution is -2.16. The van der Waals surface area contributed by atoms with Crippen molar-refractivity contribution < 1.29 is 9.72 Å². The van der Waals surface area contributed by atoms with Gasteiger partial charge in [-0.2, -0.15) is 0 Å². The fraction of sp³-hybridized carbons (Fsp3) is 0.0476. The minimum atomic E-state index is -0.447. The van der Waals surface area contributed by atoms with E-state index in [1.807, 2.05) is 59.1 Å². The molecule has 0 fully saturated rings. The number of fused-ring (bicyclic) bond motifs is 1. The summed E-state index contributed by atoms with van der Waals surface area (Å²) in [4.78, 5) is 28.3. The van der Waals surface area contributed by atoms with Gasteiger partial charge in [0, 0.05) is 28.8 Å². The molecule has 0 aliphatic carbocycles. The van der Waals surface area contributed by atoms with E-state index in [9.17, 15) is 14.9 Å². The number of nitro benzene ring substituents is 1. The molecule has 7 nitrogen and oxygen atoms in total. The van der Waals surface area contributed by atoms with Crippen LogP contribution in [0.25, 0.3) is 16.9 Å². The largest absolute Gasteiger partial charge is 0.309 e. The molecule has 0 saturated carbocycles. The van der Waals surface area contributed by atoms with Gasteiger partial charge >= 0.3 is 0 Å². The summed E-state index contributed by atoms with van der Waals surface area (Å²) in [5.74, 6) is 0.601. The number of carbonyl (C=O) groups excluding carboxylic acids is 1. The zero-order chi connectivity index (χ0) is 20.2. The van der Waals surface area contributed by atoms with Gasteiger partial charge in [0.1, 0.15) is 17.2 Å². The average Bonchev–Trinajstić information content (AvgIpc) is 3.11. The maximum absolute atomic E-state index is 12.6. The molecule has 8 heteroatoms. The fourth-order valence-corrected chi connectivity index (χ4v) is 3.59. The Morgan fingerprint density at radius 2 is 1.76 bits per heavy atom. The summed E-state index contributed by atoms with van der Waals surface area (Å²) in [6.07, 6.45) is 1.86. The van der Waals surface area contributed by atoms with E-state index in [4.69, 9.17) is 0 Å². The van der Waals surface area contributed by atoms with Gasteiger partial charge in [-0.1, -0.05) is 36.4 Å². The molecule has 0 radical (unpaired) electrons. The number of hydrogen-bond donors (Lipinski definition) is 1.